The number of benzene rings is 1. The number of hydrogen-bond acceptors (Lipinski definition) is 7. The van der Waals surface area contributed by atoms with Gasteiger partial charge in [0.25, 0.3) is 5.92 Å². The van der Waals surface area contributed by atoms with E-state index >= 15 is 0 Å². The third-order valence-corrected chi connectivity index (χ3v) is 8.88. The van der Waals surface area contributed by atoms with Gasteiger partial charge in [-0.25, -0.2) is 13.1 Å². The molecule has 182 valence electrons. The molecule has 2 aromatic heterocycles. The number of ether oxygens (including phenoxy) is 1. The number of thiophene rings is 1. The molecule has 3 aromatic rings. The van der Waals surface area contributed by atoms with Crippen LogP contribution in [0.1, 0.15) is 47.5 Å². The van der Waals surface area contributed by atoms with Crippen LogP contribution in [0.15, 0.2) is 41.4 Å². The van der Waals surface area contributed by atoms with Gasteiger partial charge >= 0.3 is 0 Å². The highest BCUT2D eigenvalue weighted by molar-refractivity contribution is 7.90. The first-order valence-corrected chi connectivity index (χ1v) is 13.8. The zero-order chi connectivity index (χ0) is 24.3. The molecule has 0 bridgehead atoms. The third kappa shape index (κ3) is 4.39. The second-order valence-corrected chi connectivity index (χ2v) is 12.8. The van der Waals surface area contributed by atoms with Crippen molar-refractivity contribution >= 4 is 32.8 Å². The van der Waals surface area contributed by atoms with Crippen molar-refractivity contribution in [3.8, 4) is 0 Å². The lowest BCUT2D eigenvalue weighted by molar-refractivity contribution is -0.183. The predicted molar refractivity (Wildman–Crippen MR) is 124 cm³/mol. The summed E-state index contributed by atoms with van der Waals surface area (Å²) in [6, 6.07) is 7.72. The number of alkyl halides is 2. The van der Waals surface area contributed by atoms with Gasteiger partial charge in [0, 0.05) is 29.2 Å². The van der Waals surface area contributed by atoms with E-state index in [1.165, 1.54) is 12.3 Å². The first-order valence-electron chi connectivity index (χ1n) is 10.7. The molecule has 3 atom stereocenters. The fraction of sp³-hybridized carbons (Fsp3) is 0.455. The van der Waals surface area contributed by atoms with Gasteiger partial charge in [-0.3, -0.25) is 0 Å². The van der Waals surface area contributed by atoms with Crippen molar-refractivity contribution in [3.63, 3.8) is 0 Å². The molecule has 0 unspecified atom stereocenters. The van der Waals surface area contributed by atoms with Crippen molar-refractivity contribution < 1.29 is 21.9 Å². The van der Waals surface area contributed by atoms with Crippen LogP contribution < -0.4 is 5.32 Å². The van der Waals surface area contributed by atoms with E-state index in [0.29, 0.717) is 34.3 Å². The van der Waals surface area contributed by atoms with Crippen LogP contribution in [0.4, 0.5) is 8.78 Å². The minimum absolute atomic E-state index is 0.00659. The van der Waals surface area contributed by atoms with E-state index in [4.69, 9.17) is 16.3 Å². The molecule has 1 aromatic carbocycles. The van der Waals surface area contributed by atoms with Crippen LogP contribution in [0.2, 0.25) is 4.34 Å². The molecule has 2 aliphatic heterocycles. The number of rotatable bonds is 4. The maximum atomic E-state index is 14.5. The highest BCUT2D eigenvalue weighted by Gasteiger charge is 2.53. The summed E-state index contributed by atoms with van der Waals surface area (Å²) in [6.07, 6.45) is 3.96. The largest absolute Gasteiger partial charge is 0.363 e. The van der Waals surface area contributed by atoms with Crippen LogP contribution in [0.3, 0.4) is 0 Å². The molecule has 12 heteroatoms. The Hall–Kier alpha value is -1.92. The molecule has 5 rings (SSSR count). The zero-order valence-electron chi connectivity index (χ0n) is 18.5. The Bertz CT molecular complexity index is 1330. The van der Waals surface area contributed by atoms with E-state index in [1.807, 2.05) is 13.1 Å². The second-order valence-electron chi connectivity index (χ2n) is 9.07. The maximum absolute atomic E-state index is 14.5. The summed E-state index contributed by atoms with van der Waals surface area (Å²) in [7, 11) is -3.26. The zero-order valence-corrected chi connectivity index (χ0v) is 20.9. The molecule has 7 nitrogen and oxygen atoms in total. The highest BCUT2D eigenvalue weighted by atomic mass is 35.5. The van der Waals surface area contributed by atoms with E-state index in [9.17, 15) is 17.2 Å². The fourth-order valence-electron chi connectivity index (χ4n) is 4.78. The van der Waals surface area contributed by atoms with Crippen molar-refractivity contribution in [2.24, 2.45) is 0 Å². The average molecular weight is 529 g/mol. The number of nitrogens with zero attached hydrogens (tertiary/aromatic N) is 3. The van der Waals surface area contributed by atoms with Gasteiger partial charge in [-0.05, 0) is 37.1 Å². The average Bonchev–Trinajstić information content (AvgIpc) is 3.39. The van der Waals surface area contributed by atoms with Crippen molar-refractivity contribution in [2.45, 2.75) is 54.8 Å². The lowest BCUT2D eigenvalue weighted by Gasteiger charge is -2.47. The summed E-state index contributed by atoms with van der Waals surface area (Å²) < 4.78 is 60.2. The first-order chi connectivity index (χ1) is 16.0. The number of aromatic nitrogens is 3. The Morgan fingerprint density at radius 2 is 2.03 bits per heavy atom. The van der Waals surface area contributed by atoms with Crippen LogP contribution in [0, 0.1) is 0 Å². The predicted octanol–water partition coefficient (Wildman–Crippen LogP) is 4.28. The van der Waals surface area contributed by atoms with E-state index in [-0.39, 0.29) is 22.5 Å². The van der Waals surface area contributed by atoms with Crippen molar-refractivity contribution in [2.75, 3.05) is 12.9 Å². The maximum Gasteiger partial charge on any atom is 0.297 e. The Morgan fingerprint density at radius 1 is 1.29 bits per heavy atom. The van der Waals surface area contributed by atoms with Gasteiger partial charge in [0.1, 0.15) is 12.2 Å². The summed E-state index contributed by atoms with van der Waals surface area (Å²) in [6.45, 7) is 1.73. The molecular formula is C22H23ClF2N4O3S2. The Labute approximate surface area is 205 Å². The van der Waals surface area contributed by atoms with Crippen molar-refractivity contribution in [1.82, 2.24) is 20.3 Å². The summed E-state index contributed by atoms with van der Waals surface area (Å²) in [5, 5.41) is 12.0. The summed E-state index contributed by atoms with van der Waals surface area (Å²) in [5.41, 5.74) is 0.655. The Balaban J connectivity index is 1.38. The van der Waals surface area contributed by atoms with Crippen LogP contribution in [-0.2, 0) is 32.6 Å². The summed E-state index contributed by atoms with van der Waals surface area (Å²) in [5.74, 6) is -3.07. The Kier molecular flexibility index (Phi) is 5.84. The number of nitrogens with one attached hydrogen (secondary N) is 1. The van der Waals surface area contributed by atoms with Crippen LogP contribution in [0.5, 0.6) is 0 Å². The molecule has 0 saturated carbocycles. The van der Waals surface area contributed by atoms with E-state index in [2.05, 4.69) is 15.6 Å². The molecule has 34 heavy (non-hydrogen) atoms. The molecular weight excluding hydrogens is 506 g/mol. The molecule has 0 aliphatic carbocycles. The van der Waals surface area contributed by atoms with Crippen LogP contribution in [-0.4, -0.2) is 42.3 Å². The van der Waals surface area contributed by atoms with Crippen molar-refractivity contribution in [3.05, 3.63) is 62.6 Å². The van der Waals surface area contributed by atoms with Crippen molar-refractivity contribution in [1.29, 1.82) is 0 Å². The second kappa shape index (κ2) is 8.34. The minimum Gasteiger partial charge on any atom is -0.363 e. The number of fused-ring (bicyclic) bond motifs is 2. The molecule has 4 heterocycles. The molecule has 1 saturated heterocycles. The SMILES string of the molecule is C[C@H]1C[C@@]2(C[C@@H](c3cn(Cc4ccc(S(C)(=O)=O)cc4)nn3)N1)OCC(F)(F)c1cc(Cl)sc12. The monoisotopic (exact) mass is 528 g/mol. The van der Waals surface area contributed by atoms with Gasteiger partial charge in [-0.1, -0.05) is 28.9 Å². The quantitative estimate of drug-likeness (QED) is 0.544. The van der Waals surface area contributed by atoms with Gasteiger partial charge in [0.05, 0.1) is 33.7 Å². The molecule has 0 amide bonds. The first kappa shape index (κ1) is 23.8. The highest BCUT2D eigenvalue weighted by Crippen LogP contribution is 2.54. The van der Waals surface area contributed by atoms with Gasteiger partial charge in [0.2, 0.25) is 0 Å². The van der Waals surface area contributed by atoms with E-state index in [1.54, 1.807) is 28.9 Å². The van der Waals surface area contributed by atoms with Gasteiger partial charge in [0.15, 0.2) is 9.84 Å². The van der Waals surface area contributed by atoms with Gasteiger partial charge in [-0.2, -0.15) is 8.78 Å². The summed E-state index contributed by atoms with van der Waals surface area (Å²) in [4.78, 5) is 0.748. The number of sulfone groups is 1. The van der Waals surface area contributed by atoms with Crippen LogP contribution in [0.25, 0.3) is 0 Å². The van der Waals surface area contributed by atoms with Gasteiger partial charge in [-0.15, -0.1) is 16.4 Å². The Morgan fingerprint density at radius 3 is 2.74 bits per heavy atom. The number of hydrogen-bond donors (Lipinski definition) is 1. The topological polar surface area (TPSA) is 86.1 Å². The van der Waals surface area contributed by atoms with Gasteiger partial charge < -0.3 is 10.1 Å². The molecule has 1 N–H and O–H groups in total. The number of piperidine rings is 1. The molecule has 1 fully saturated rings. The molecule has 2 aliphatic rings. The third-order valence-electron chi connectivity index (χ3n) is 6.30. The fourth-order valence-corrected chi connectivity index (χ4v) is 6.86. The minimum atomic E-state index is -3.26. The standard InChI is InChI=1S/C22H23ClF2N4O3S2/c1-13-8-21(20-16(7-19(23)33-20)22(24,25)12-32-21)9-17(26-13)18-11-29(28-27-18)10-14-3-5-15(6-4-14)34(2,30)31/h3-7,11,13,17,26H,8-10,12H2,1-2H3/t13-,17-,21-/m0/s1. The normalized spacial score (nSPS) is 26.5. The summed E-state index contributed by atoms with van der Waals surface area (Å²) >= 11 is 7.30. The van der Waals surface area contributed by atoms with Crippen LogP contribution >= 0.6 is 22.9 Å². The van der Waals surface area contributed by atoms with E-state index < -0.39 is 28.0 Å². The van der Waals surface area contributed by atoms with E-state index in [0.717, 1.165) is 16.9 Å². The number of halogens is 3. The molecule has 0 radical (unpaired) electrons. The lowest BCUT2D eigenvalue weighted by atomic mass is 9.78. The lowest BCUT2D eigenvalue weighted by Crippen LogP contribution is -2.51. The molecule has 1 spiro atoms. The smallest absolute Gasteiger partial charge is 0.297 e.